The Balaban J connectivity index is 1.60. The molecule has 0 saturated carbocycles. The van der Waals surface area contributed by atoms with Crippen molar-refractivity contribution >= 4 is 22.8 Å². The van der Waals surface area contributed by atoms with Crippen molar-refractivity contribution in [2.45, 2.75) is 6.54 Å². The zero-order valence-corrected chi connectivity index (χ0v) is 14.3. The first kappa shape index (κ1) is 17.2. The molecule has 26 heavy (non-hydrogen) atoms. The molecule has 1 heterocycles. The first-order valence-electron chi connectivity index (χ1n) is 8.15. The summed E-state index contributed by atoms with van der Waals surface area (Å²) >= 11 is 0. The molecule has 0 radical (unpaired) electrons. The highest BCUT2D eigenvalue weighted by Crippen LogP contribution is 2.11. The minimum absolute atomic E-state index is 0.151. The fourth-order valence-electron chi connectivity index (χ4n) is 2.55. The van der Waals surface area contributed by atoms with Gasteiger partial charge in [0.25, 0.3) is 5.91 Å². The van der Waals surface area contributed by atoms with Gasteiger partial charge in [-0.25, -0.2) is 4.98 Å². The van der Waals surface area contributed by atoms with E-state index in [9.17, 15) is 9.59 Å². The molecule has 0 fully saturated rings. The molecule has 0 saturated heterocycles. The second-order valence-electron chi connectivity index (χ2n) is 5.56. The van der Waals surface area contributed by atoms with Gasteiger partial charge in [-0.05, 0) is 24.3 Å². The average Bonchev–Trinajstić information content (AvgIpc) is 3.08. The molecule has 0 atom stereocenters. The predicted octanol–water partition coefficient (Wildman–Crippen LogP) is 1.56. The van der Waals surface area contributed by atoms with Crippen molar-refractivity contribution in [1.29, 1.82) is 0 Å². The van der Waals surface area contributed by atoms with E-state index < -0.39 is 0 Å². The van der Waals surface area contributed by atoms with E-state index in [1.807, 2.05) is 30.3 Å². The van der Waals surface area contributed by atoms with Crippen LogP contribution in [0.3, 0.4) is 0 Å². The molecule has 2 amide bonds. The summed E-state index contributed by atoms with van der Waals surface area (Å²) in [6.07, 6.45) is 1.65. The highest BCUT2D eigenvalue weighted by molar-refractivity contribution is 5.96. The van der Waals surface area contributed by atoms with Gasteiger partial charge >= 0.3 is 0 Å². The maximum absolute atomic E-state index is 12.1. The normalized spacial score (nSPS) is 10.0. The molecule has 3 aromatic rings. The van der Waals surface area contributed by atoms with E-state index in [1.54, 1.807) is 36.1 Å². The third-order valence-corrected chi connectivity index (χ3v) is 3.84. The number of aromatic nitrogens is 2. The molecular weight excluding hydrogens is 328 g/mol. The summed E-state index contributed by atoms with van der Waals surface area (Å²) < 4.78 is 1.79. The number of hydrogen-bond acceptors (Lipinski definition) is 3. The summed E-state index contributed by atoms with van der Waals surface area (Å²) in [6.45, 7) is 0.380. The van der Waals surface area contributed by atoms with Crippen LogP contribution in [-0.4, -0.2) is 35.0 Å². The fourth-order valence-corrected chi connectivity index (χ4v) is 2.55. The van der Waals surface area contributed by atoms with Crippen molar-refractivity contribution < 1.29 is 9.59 Å². The topological polar surface area (TPSA) is 76.0 Å². The van der Waals surface area contributed by atoms with E-state index in [0.29, 0.717) is 11.1 Å². The monoisotopic (exact) mass is 346 g/mol. The zero-order valence-electron chi connectivity index (χ0n) is 14.3. The third kappa shape index (κ3) is 3.90. The Labute approximate surface area is 151 Å². The minimum atomic E-state index is -0.189. The van der Waals surface area contributed by atoms with Gasteiger partial charge in [0.2, 0.25) is 5.91 Å². The van der Waals surface area contributed by atoms with E-state index in [2.05, 4.69) is 27.5 Å². The molecular formula is C20H18N4O2. The Morgan fingerprint density at radius 3 is 2.73 bits per heavy atom. The van der Waals surface area contributed by atoms with Gasteiger partial charge < -0.3 is 15.2 Å². The number of rotatable bonds is 4. The van der Waals surface area contributed by atoms with Gasteiger partial charge in [-0.2, -0.15) is 0 Å². The maximum atomic E-state index is 12.1. The van der Waals surface area contributed by atoms with Crippen LogP contribution in [0.5, 0.6) is 0 Å². The number of amides is 2. The Morgan fingerprint density at radius 2 is 1.88 bits per heavy atom. The lowest BCUT2D eigenvalue weighted by Gasteiger charge is -2.04. The molecule has 130 valence electrons. The number of para-hydroxylation sites is 2. The van der Waals surface area contributed by atoms with Crippen molar-refractivity contribution in [2.75, 3.05) is 13.6 Å². The van der Waals surface area contributed by atoms with E-state index in [0.717, 1.165) is 11.0 Å². The van der Waals surface area contributed by atoms with Crippen molar-refractivity contribution in [2.24, 2.45) is 0 Å². The highest BCUT2D eigenvalue weighted by atomic mass is 16.2. The smallest absolute Gasteiger partial charge is 0.252 e. The quantitative estimate of drug-likeness (QED) is 0.704. The van der Waals surface area contributed by atoms with Crippen molar-refractivity contribution in [1.82, 2.24) is 20.2 Å². The number of fused-ring (bicyclic) bond motifs is 1. The average molecular weight is 346 g/mol. The lowest BCUT2D eigenvalue weighted by atomic mass is 10.1. The summed E-state index contributed by atoms with van der Waals surface area (Å²) in [6, 6.07) is 14.7. The van der Waals surface area contributed by atoms with E-state index in [1.165, 1.54) is 0 Å². The molecule has 1 aromatic heterocycles. The third-order valence-electron chi connectivity index (χ3n) is 3.84. The minimum Gasteiger partial charge on any atom is -0.355 e. The second-order valence-corrected chi connectivity index (χ2v) is 5.56. The van der Waals surface area contributed by atoms with Crippen molar-refractivity contribution in [3.8, 4) is 11.8 Å². The predicted molar refractivity (Wildman–Crippen MR) is 99.5 cm³/mol. The number of nitrogens with one attached hydrogen (secondary N) is 2. The number of carbonyl (C=O) groups excluding carboxylic acids is 2. The van der Waals surface area contributed by atoms with Crippen LogP contribution in [-0.2, 0) is 11.3 Å². The molecule has 0 aliphatic carbocycles. The first-order valence-corrected chi connectivity index (χ1v) is 8.15. The molecule has 2 aromatic carbocycles. The summed E-state index contributed by atoms with van der Waals surface area (Å²) in [7, 11) is 1.58. The summed E-state index contributed by atoms with van der Waals surface area (Å²) in [5.74, 6) is 5.47. The van der Waals surface area contributed by atoms with Crippen LogP contribution in [0.25, 0.3) is 11.0 Å². The fraction of sp³-hybridized carbons (Fsp3) is 0.150. The molecule has 6 nitrogen and oxygen atoms in total. The van der Waals surface area contributed by atoms with E-state index >= 15 is 0 Å². The lowest BCUT2D eigenvalue weighted by Crippen LogP contribution is -2.27. The molecule has 0 aliphatic rings. The molecule has 0 unspecified atom stereocenters. The standard InChI is InChI=1S/C20H18N4O2/c1-21-20(26)16-9-3-2-7-15(16)8-6-12-22-19(25)13-24-14-23-17-10-4-5-11-18(17)24/h2-5,7,9-11,14H,12-13H2,1H3,(H,21,26)(H,22,25). The zero-order chi connectivity index (χ0) is 18.4. The van der Waals surface area contributed by atoms with Crippen LogP contribution in [0.15, 0.2) is 54.9 Å². The first-order chi connectivity index (χ1) is 12.7. The summed E-state index contributed by atoms with van der Waals surface area (Å²) in [4.78, 5) is 28.2. The van der Waals surface area contributed by atoms with Crippen LogP contribution in [0, 0.1) is 11.8 Å². The molecule has 3 rings (SSSR count). The molecule has 0 spiro atoms. The number of imidazole rings is 1. The number of hydrogen-bond donors (Lipinski definition) is 2. The summed E-state index contributed by atoms with van der Waals surface area (Å²) in [5, 5.41) is 5.34. The van der Waals surface area contributed by atoms with Gasteiger partial charge in [0, 0.05) is 12.6 Å². The molecule has 0 bridgehead atoms. The van der Waals surface area contributed by atoms with Crippen LogP contribution >= 0.6 is 0 Å². The number of nitrogens with zero attached hydrogens (tertiary/aromatic N) is 2. The van der Waals surface area contributed by atoms with Crippen molar-refractivity contribution in [3.63, 3.8) is 0 Å². The Kier molecular flexibility index (Phi) is 5.30. The highest BCUT2D eigenvalue weighted by Gasteiger charge is 2.07. The van der Waals surface area contributed by atoms with E-state index in [-0.39, 0.29) is 24.9 Å². The Morgan fingerprint density at radius 1 is 1.12 bits per heavy atom. The van der Waals surface area contributed by atoms with Crippen LogP contribution in [0.2, 0.25) is 0 Å². The van der Waals surface area contributed by atoms with Crippen LogP contribution in [0.4, 0.5) is 0 Å². The molecule has 2 N–H and O–H groups in total. The van der Waals surface area contributed by atoms with Gasteiger partial charge in [-0.15, -0.1) is 0 Å². The number of benzene rings is 2. The Hall–Kier alpha value is -3.59. The SMILES string of the molecule is CNC(=O)c1ccccc1C#CCNC(=O)Cn1cnc2ccccc21. The van der Waals surface area contributed by atoms with Gasteiger partial charge in [-0.1, -0.05) is 36.1 Å². The van der Waals surface area contributed by atoms with Gasteiger partial charge in [0.15, 0.2) is 0 Å². The largest absolute Gasteiger partial charge is 0.355 e. The number of carbonyl (C=O) groups is 2. The van der Waals surface area contributed by atoms with Gasteiger partial charge in [0.1, 0.15) is 6.54 Å². The van der Waals surface area contributed by atoms with Gasteiger partial charge in [-0.3, -0.25) is 9.59 Å². The van der Waals surface area contributed by atoms with Crippen molar-refractivity contribution in [3.05, 3.63) is 66.0 Å². The lowest BCUT2D eigenvalue weighted by molar-refractivity contribution is -0.121. The molecule has 0 aliphatic heterocycles. The van der Waals surface area contributed by atoms with Crippen LogP contribution < -0.4 is 10.6 Å². The summed E-state index contributed by atoms with van der Waals surface area (Å²) in [5.41, 5.74) is 2.90. The van der Waals surface area contributed by atoms with Crippen LogP contribution in [0.1, 0.15) is 15.9 Å². The van der Waals surface area contributed by atoms with E-state index in [4.69, 9.17) is 0 Å². The maximum Gasteiger partial charge on any atom is 0.252 e. The second kappa shape index (κ2) is 7.99. The van der Waals surface area contributed by atoms with Gasteiger partial charge in [0.05, 0.1) is 29.5 Å². The molecule has 6 heteroatoms. The Bertz CT molecular complexity index is 1010.